The van der Waals surface area contributed by atoms with Gasteiger partial charge in [0.15, 0.2) is 0 Å². The van der Waals surface area contributed by atoms with Crippen molar-refractivity contribution in [3.05, 3.63) is 35.4 Å². The fourth-order valence-electron chi connectivity index (χ4n) is 2.79. The number of carbonyl (C=O) groups excluding carboxylic acids is 2. The van der Waals surface area contributed by atoms with E-state index in [4.69, 9.17) is 4.74 Å². The second-order valence-electron chi connectivity index (χ2n) is 7.26. The van der Waals surface area contributed by atoms with E-state index in [1.54, 1.807) is 20.8 Å². The number of rotatable bonds is 2. The lowest BCUT2D eigenvalue weighted by Gasteiger charge is -2.33. The molecule has 5 nitrogen and oxygen atoms in total. The number of likely N-dealkylation sites (tertiary alicyclic amines) is 1. The molecule has 1 N–H and O–H groups in total. The van der Waals surface area contributed by atoms with Gasteiger partial charge in [-0.05, 0) is 45.7 Å². The van der Waals surface area contributed by atoms with Crippen LogP contribution in [0.15, 0.2) is 24.3 Å². The first-order valence-electron chi connectivity index (χ1n) is 8.42. The Balaban J connectivity index is 1.96. The Morgan fingerprint density at radius 3 is 2.23 bits per heavy atom. The first-order chi connectivity index (χ1) is 12.0. The van der Waals surface area contributed by atoms with Crippen LogP contribution in [0.3, 0.4) is 0 Å². The highest BCUT2D eigenvalue weighted by Gasteiger charge is 2.36. The minimum Gasteiger partial charge on any atom is -0.444 e. The highest BCUT2D eigenvalue weighted by Crippen LogP contribution is 2.32. The topological polar surface area (TPSA) is 58.6 Å². The molecule has 0 saturated carbocycles. The summed E-state index contributed by atoms with van der Waals surface area (Å²) in [5.74, 6) is -0.645. The highest BCUT2D eigenvalue weighted by atomic mass is 19.4. The van der Waals surface area contributed by atoms with Crippen LogP contribution >= 0.6 is 0 Å². The van der Waals surface area contributed by atoms with Gasteiger partial charge in [-0.25, -0.2) is 4.79 Å². The largest absolute Gasteiger partial charge is 0.444 e. The van der Waals surface area contributed by atoms with Crippen molar-refractivity contribution in [1.82, 2.24) is 10.2 Å². The van der Waals surface area contributed by atoms with Gasteiger partial charge in [0, 0.05) is 19.1 Å². The maximum atomic E-state index is 13.1. The van der Waals surface area contributed by atoms with E-state index < -0.39 is 29.3 Å². The van der Waals surface area contributed by atoms with E-state index in [0.717, 1.165) is 6.07 Å². The van der Waals surface area contributed by atoms with Gasteiger partial charge in [0.25, 0.3) is 5.91 Å². The predicted octanol–water partition coefficient (Wildman–Crippen LogP) is 3.83. The Bertz CT molecular complexity index is 660. The van der Waals surface area contributed by atoms with Gasteiger partial charge in [-0.3, -0.25) is 4.79 Å². The van der Waals surface area contributed by atoms with Crippen LogP contribution in [0.4, 0.5) is 18.0 Å². The molecule has 8 heteroatoms. The summed E-state index contributed by atoms with van der Waals surface area (Å²) in [4.78, 5) is 25.7. The molecule has 0 aliphatic carbocycles. The molecule has 0 aromatic heterocycles. The van der Waals surface area contributed by atoms with Gasteiger partial charge in [-0.15, -0.1) is 0 Å². The second kappa shape index (κ2) is 7.55. The lowest BCUT2D eigenvalue weighted by Crippen LogP contribution is -2.47. The zero-order valence-corrected chi connectivity index (χ0v) is 15.0. The summed E-state index contributed by atoms with van der Waals surface area (Å²) in [5, 5.41) is 2.73. The van der Waals surface area contributed by atoms with Crippen molar-refractivity contribution in [3.8, 4) is 0 Å². The molecule has 0 atom stereocenters. The average molecular weight is 372 g/mol. The van der Waals surface area contributed by atoms with Gasteiger partial charge in [-0.2, -0.15) is 13.2 Å². The van der Waals surface area contributed by atoms with Gasteiger partial charge in [0.2, 0.25) is 0 Å². The minimum atomic E-state index is -4.58. The predicted molar refractivity (Wildman–Crippen MR) is 89.7 cm³/mol. The Labute approximate surface area is 150 Å². The lowest BCUT2D eigenvalue weighted by atomic mass is 10.0. The summed E-state index contributed by atoms with van der Waals surface area (Å²) in [7, 11) is 0. The van der Waals surface area contributed by atoms with Crippen LogP contribution < -0.4 is 5.32 Å². The molecule has 0 bridgehead atoms. The Kier molecular flexibility index (Phi) is 5.83. The van der Waals surface area contributed by atoms with Crippen molar-refractivity contribution in [1.29, 1.82) is 0 Å². The van der Waals surface area contributed by atoms with Crippen LogP contribution in [0.25, 0.3) is 0 Å². The van der Waals surface area contributed by atoms with Crippen LogP contribution in [0.5, 0.6) is 0 Å². The highest BCUT2D eigenvalue weighted by molar-refractivity contribution is 5.96. The van der Waals surface area contributed by atoms with Crippen LogP contribution in [-0.2, 0) is 10.9 Å². The molecule has 1 aromatic carbocycles. The number of ether oxygens (including phenoxy) is 1. The molecule has 26 heavy (non-hydrogen) atoms. The Morgan fingerprint density at radius 1 is 1.12 bits per heavy atom. The van der Waals surface area contributed by atoms with Crippen molar-refractivity contribution >= 4 is 12.0 Å². The number of hydrogen-bond donors (Lipinski definition) is 1. The number of halogens is 3. The van der Waals surface area contributed by atoms with Crippen molar-refractivity contribution in [2.45, 2.75) is 51.4 Å². The summed E-state index contributed by atoms with van der Waals surface area (Å²) in [6.07, 6.45) is -4.20. The standard InChI is InChI=1S/C18H23F3N2O3/c1-17(2,3)26-16(25)22-12-8-10-23(11-9-12)15(24)13-6-4-5-7-14(13)18(19,20)21/h4-7,12H,8-11H2,1-3H3,(H,22,25). The molecule has 1 aliphatic heterocycles. The molecule has 1 heterocycles. The van der Waals surface area contributed by atoms with E-state index in [1.165, 1.54) is 23.1 Å². The normalized spacial score (nSPS) is 16.3. The van der Waals surface area contributed by atoms with E-state index in [-0.39, 0.29) is 24.7 Å². The first kappa shape index (κ1) is 20.1. The number of amides is 2. The molecular formula is C18H23F3N2O3. The number of nitrogens with one attached hydrogen (secondary N) is 1. The summed E-state index contributed by atoms with van der Waals surface area (Å²) < 4.78 is 44.4. The number of benzene rings is 1. The monoisotopic (exact) mass is 372 g/mol. The molecule has 144 valence electrons. The smallest absolute Gasteiger partial charge is 0.417 e. The molecular weight excluding hydrogens is 349 g/mol. The molecule has 1 fully saturated rings. The second-order valence-corrected chi connectivity index (χ2v) is 7.26. The van der Waals surface area contributed by atoms with Crippen LogP contribution in [0, 0.1) is 0 Å². The molecule has 0 unspecified atom stereocenters. The average Bonchev–Trinajstić information content (AvgIpc) is 2.52. The number of alkyl carbamates (subject to hydrolysis) is 1. The number of nitrogens with zero attached hydrogens (tertiary/aromatic N) is 1. The SMILES string of the molecule is CC(C)(C)OC(=O)NC1CCN(C(=O)c2ccccc2C(F)(F)F)CC1. The van der Waals surface area contributed by atoms with Crippen molar-refractivity contribution in [2.75, 3.05) is 13.1 Å². The van der Waals surface area contributed by atoms with Crippen molar-refractivity contribution < 1.29 is 27.5 Å². The number of piperidine rings is 1. The number of hydrogen-bond acceptors (Lipinski definition) is 3. The van der Waals surface area contributed by atoms with Gasteiger partial charge in [-0.1, -0.05) is 12.1 Å². The third-order valence-corrected chi connectivity index (χ3v) is 3.97. The van der Waals surface area contributed by atoms with E-state index >= 15 is 0 Å². The summed E-state index contributed by atoms with van der Waals surface area (Å²) in [5.41, 5.74) is -1.89. The zero-order chi connectivity index (χ0) is 19.5. The van der Waals surface area contributed by atoms with Crippen LogP contribution in [0.1, 0.15) is 49.5 Å². The maximum absolute atomic E-state index is 13.1. The van der Waals surface area contributed by atoms with Crippen molar-refractivity contribution in [2.24, 2.45) is 0 Å². The van der Waals surface area contributed by atoms with E-state index in [2.05, 4.69) is 5.32 Å². The maximum Gasteiger partial charge on any atom is 0.417 e. The molecule has 0 radical (unpaired) electrons. The van der Waals surface area contributed by atoms with Crippen LogP contribution in [-0.4, -0.2) is 41.6 Å². The molecule has 1 aromatic rings. The van der Waals surface area contributed by atoms with Crippen molar-refractivity contribution in [3.63, 3.8) is 0 Å². The van der Waals surface area contributed by atoms with E-state index in [1.807, 2.05) is 0 Å². The van der Waals surface area contributed by atoms with E-state index in [0.29, 0.717) is 12.8 Å². The van der Waals surface area contributed by atoms with E-state index in [9.17, 15) is 22.8 Å². The zero-order valence-electron chi connectivity index (χ0n) is 15.0. The lowest BCUT2D eigenvalue weighted by molar-refractivity contribution is -0.138. The first-order valence-corrected chi connectivity index (χ1v) is 8.42. The molecule has 1 aliphatic rings. The number of carbonyl (C=O) groups is 2. The van der Waals surface area contributed by atoms with Crippen LogP contribution in [0.2, 0.25) is 0 Å². The molecule has 0 spiro atoms. The Hall–Kier alpha value is -2.25. The quantitative estimate of drug-likeness (QED) is 0.858. The molecule has 2 rings (SSSR count). The van der Waals surface area contributed by atoms with Gasteiger partial charge in [0.05, 0.1) is 11.1 Å². The number of alkyl halides is 3. The van der Waals surface area contributed by atoms with Gasteiger partial charge < -0.3 is 15.0 Å². The summed E-state index contributed by atoms with van der Waals surface area (Å²) in [6, 6.07) is 4.60. The Morgan fingerprint density at radius 2 is 1.69 bits per heavy atom. The van der Waals surface area contributed by atoms with Gasteiger partial charge >= 0.3 is 12.3 Å². The fraction of sp³-hybridized carbons (Fsp3) is 0.556. The third kappa shape index (κ3) is 5.37. The summed E-state index contributed by atoms with van der Waals surface area (Å²) in [6.45, 7) is 5.81. The fourth-order valence-corrected chi connectivity index (χ4v) is 2.79. The molecule has 2 amide bonds. The minimum absolute atomic E-state index is 0.174. The third-order valence-electron chi connectivity index (χ3n) is 3.97. The summed E-state index contributed by atoms with van der Waals surface area (Å²) >= 11 is 0. The molecule has 1 saturated heterocycles. The van der Waals surface area contributed by atoms with Gasteiger partial charge in [0.1, 0.15) is 5.60 Å².